The third kappa shape index (κ3) is 4.92. The highest BCUT2D eigenvalue weighted by atomic mass is 16.7. The number of allylic oxidation sites excluding steroid dienone is 1. The molecule has 1 aliphatic rings. The molecule has 0 aliphatic carbocycles. The van der Waals surface area contributed by atoms with Gasteiger partial charge in [0.25, 0.3) is 0 Å². The van der Waals surface area contributed by atoms with Crippen molar-refractivity contribution >= 4 is 19.0 Å². The van der Waals surface area contributed by atoms with Crippen molar-refractivity contribution in [3.63, 3.8) is 0 Å². The maximum Gasteiger partial charge on any atom is 0.491 e. The first-order valence-electron chi connectivity index (χ1n) is 10.6. The zero-order chi connectivity index (χ0) is 22.6. The molecule has 0 spiro atoms. The molecule has 0 bridgehead atoms. The number of methoxy groups -OCH3 is 1. The van der Waals surface area contributed by atoms with Crippen LogP contribution >= 0.6 is 0 Å². The van der Waals surface area contributed by atoms with Crippen LogP contribution in [-0.2, 0) is 14.0 Å². The molecule has 31 heavy (non-hydrogen) atoms. The van der Waals surface area contributed by atoms with Gasteiger partial charge in [-0.3, -0.25) is 4.79 Å². The van der Waals surface area contributed by atoms with Gasteiger partial charge >= 0.3 is 7.12 Å². The van der Waals surface area contributed by atoms with Gasteiger partial charge in [0.2, 0.25) is 0 Å². The summed E-state index contributed by atoms with van der Waals surface area (Å²) >= 11 is 0. The van der Waals surface area contributed by atoms with Crippen LogP contribution in [0.25, 0.3) is 5.57 Å². The van der Waals surface area contributed by atoms with Crippen LogP contribution in [0.3, 0.4) is 0 Å². The molecule has 0 unspecified atom stereocenters. The van der Waals surface area contributed by atoms with E-state index in [9.17, 15) is 4.79 Å². The quantitative estimate of drug-likeness (QED) is 0.327. The van der Waals surface area contributed by atoms with E-state index in [0.29, 0.717) is 5.56 Å². The summed E-state index contributed by atoms with van der Waals surface area (Å²) in [6, 6.07) is 15.5. The first-order chi connectivity index (χ1) is 14.7. The fourth-order valence-electron chi connectivity index (χ4n) is 3.56. The van der Waals surface area contributed by atoms with Crippen LogP contribution in [-0.4, -0.2) is 38.5 Å². The van der Waals surface area contributed by atoms with Crippen molar-refractivity contribution in [1.29, 1.82) is 0 Å². The Kier molecular flexibility index (Phi) is 7.05. The topological polar surface area (TPSA) is 54.0 Å². The zero-order valence-corrected chi connectivity index (χ0v) is 19.2. The van der Waals surface area contributed by atoms with Gasteiger partial charge in [0.15, 0.2) is 6.79 Å². The summed E-state index contributed by atoms with van der Waals surface area (Å²) in [5, 5.41) is 0. The molecule has 3 rings (SSSR count). The minimum Gasteiger partial charge on any atom is -0.468 e. The first kappa shape index (κ1) is 23.3. The lowest BCUT2D eigenvalue weighted by molar-refractivity contribution is 0.00578. The minimum atomic E-state index is -0.458. The minimum absolute atomic E-state index is 0.198. The van der Waals surface area contributed by atoms with Crippen molar-refractivity contribution in [3.05, 3.63) is 70.7 Å². The molecule has 0 atom stereocenters. The van der Waals surface area contributed by atoms with E-state index in [2.05, 4.69) is 34.6 Å². The van der Waals surface area contributed by atoms with Crippen LogP contribution in [0.4, 0.5) is 0 Å². The van der Waals surface area contributed by atoms with E-state index >= 15 is 0 Å². The predicted molar refractivity (Wildman–Crippen MR) is 123 cm³/mol. The van der Waals surface area contributed by atoms with Crippen molar-refractivity contribution in [2.45, 2.75) is 52.2 Å². The molecule has 0 saturated carbocycles. The Morgan fingerprint density at radius 2 is 1.45 bits per heavy atom. The first-order valence-corrected chi connectivity index (χ1v) is 10.6. The van der Waals surface area contributed by atoms with Crippen LogP contribution in [0.15, 0.2) is 54.0 Å². The summed E-state index contributed by atoms with van der Waals surface area (Å²) in [5.74, 6) is 0.731. The summed E-state index contributed by atoms with van der Waals surface area (Å²) in [4.78, 5) is 11.1. The van der Waals surface area contributed by atoms with Gasteiger partial charge in [0.05, 0.1) is 11.2 Å². The largest absolute Gasteiger partial charge is 0.491 e. The van der Waals surface area contributed by atoms with E-state index in [1.54, 1.807) is 7.11 Å². The summed E-state index contributed by atoms with van der Waals surface area (Å²) in [5.41, 5.74) is 3.91. The lowest BCUT2D eigenvalue weighted by Crippen LogP contribution is -2.41. The van der Waals surface area contributed by atoms with E-state index in [1.807, 2.05) is 48.5 Å². The lowest BCUT2D eigenvalue weighted by atomic mass is 9.71. The molecule has 1 heterocycles. The van der Waals surface area contributed by atoms with Gasteiger partial charge < -0.3 is 18.8 Å². The monoisotopic (exact) mass is 422 g/mol. The molecule has 0 N–H and O–H groups in total. The third-order valence-corrected chi connectivity index (χ3v) is 6.06. The Morgan fingerprint density at radius 1 is 0.935 bits per heavy atom. The maximum absolute atomic E-state index is 11.1. The van der Waals surface area contributed by atoms with Gasteiger partial charge in [0.1, 0.15) is 12.0 Å². The molecule has 2 aromatic rings. The highest BCUT2D eigenvalue weighted by molar-refractivity contribution is 6.56. The highest BCUT2D eigenvalue weighted by Gasteiger charge is 2.52. The number of benzene rings is 2. The molecule has 1 fully saturated rings. The summed E-state index contributed by atoms with van der Waals surface area (Å²) in [7, 11) is 1.14. The SMILES string of the molecule is CCC(B1OC(C)(C)C(C)(C)O1)=C(c1ccc(C=O)cc1)c1ccc(OCOC)cc1. The molecule has 0 radical (unpaired) electrons. The van der Waals surface area contributed by atoms with E-state index in [4.69, 9.17) is 18.8 Å². The van der Waals surface area contributed by atoms with Crippen LogP contribution < -0.4 is 4.74 Å². The van der Waals surface area contributed by atoms with E-state index < -0.39 is 18.3 Å². The Balaban J connectivity index is 2.10. The van der Waals surface area contributed by atoms with Gasteiger partial charge in [-0.1, -0.05) is 43.3 Å². The van der Waals surface area contributed by atoms with Gasteiger partial charge in [0, 0.05) is 12.7 Å². The standard InChI is InChI=1S/C25H31BO5/c1-7-22(26-30-24(2,3)25(4,5)31-26)23(19-10-8-18(16-27)9-11-19)20-12-14-21(15-13-20)29-17-28-6/h8-16H,7,17H2,1-6H3. The molecule has 1 saturated heterocycles. The van der Waals surface area contributed by atoms with Gasteiger partial charge in [-0.05, 0) is 68.4 Å². The molecule has 2 aromatic carbocycles. The fraction of sp³-hybridized carbons (Fsp3) is 0.400. The lowest BCUT2D eigenvalue weighted by Gasteiger charge is -2.32. The molecule has 1 aliphatic heterocycles. The molecule has 164 valence electrons. The second kappa shape index (κ2) is 9.39. The molecule has 0 amide bonds. The Morgan fingerprint density at radius 3 is 1.90 bits per heavy atom. The van der Waals surface area contributed by atoms with Crippen molar-refractivity contribution in [2.75, 3.05) is 13.9 Å². The zero-order valence-electron chi connectivity index (χ0n) is 19.2. The molecular weight excluding hydrogens is 391 g/mol. The number of hydrogen-bond acceptors (Lipinski definition) is 5. The fourth-order valence-corrected chi connectivity index (χ4v) is 3.56. The summed E-state index contributed by atoms with van der Waals surface area (Å²) in [6.45, 7) is 10.5. The van der Waals surface area contributed by atoms with Crippen molar-refractivity contribution in [3.8, 4) is 5.75 Å². The number of hydrogen-bond donors (Lipinski definition) is 0. The third-order valence-electron chi connectivity index (χ3n) is 6.06. The van der Waals surface area contributed by atoms with E-state index in [0.717, 1.165) is 40.6 Å². The average Bonchev–Trinajstić information content (AvgIpc) is 2.97. The molecule has 6 heteroatoms. The maximum atomic E-state index is 11.1. The van der Waals surface area contributed by atoms with Crippen molar-refractivity contribution < 1.29 is 23.6 Å². The second-order valence-corrected chi connectivity index (χ2v) is 8.66. The summed E-state index contributed by atoms with van der Waals surface area (Å²) < 4.78 is 23.3. The normalized spacial score (nSPS) is 17.9. The van der Waals surface area contributed by atoms with E-state index in [1.165, 1.54) is 0 Å². The number of rotatable bonds is 8. The predicted octanol–water partition coefficient (Wildman–Crippen LogP) is 5.33. The number of ether oxygens (including phenoxy) is 2. The van der Waals surface area contributed by atoms with Gasteiger partial charge in [-0.2, -0.15) is 0 Å². The summed E-state index contributed by atoms with van der Waals surface area (Å²) in [6.07, 6.45) is 1.60. The Hall–Kier alpha value is -2.41. The van der Waals surface area contributed by atoms with Crippen LogP contribution in [0.1, 0.15) is 62.5 Å². The van der Waals surface area contributed by atoms with Crippen LogP contribution in [0.5, 0.6) is 5.75 Å². The smallest absolute Gasteiger partial charge is 0.468 e. The van der Waals surface area contributed by atoms with Gasteiger partial charge in [-0.15, -0.1) is 0 Å². The highest BCUT2D eigenvalue weighted by Crippen LogP contribution is 2.42. The van der Waals surface area contributed by atoms with Crippen molar-refractivity contribution in [1.82, 2.24) is 0 Å². The molecular formula is C25H31BO5. The molecule has 5 nitrogen and oxygen atoms in total. The second-order valence-electron chi connectivity index (χ2n) is 8.66. The van der Waals surface area contributed by atoms with Gasteiger partial charge in [-0.25, -0.2) is 0 Å². The van der Waals surface area contributed by atoms with Crippen LogP contribution in [0, 0.1) is 0 Å². The Bertz CT molecular complexity index is 913. The van der Waals surface area contributed by atoms with Crippen molar-refractivity contribution in [2.24, 2.45) is 0 Å². The number of carbonyl (C=O) groups excluding carboxylic acids is 1. The Labute approximate surface area is 185 Å². The average molecular weight is 422 g/mol. The van der Waals surface area contributed by atoms with Crippen LogP contribution in [0.2, 0.25) is 0 Å². The van der Waals surface area contributed by atoms with E-state index in [-0.39, 0.29) is 6.79 Å². The molecule has 0 aromatic heterocycles. The number of carbonyl (C=O) groups is 1. The number of aldehydes is 1.